The normalized spacial score (nSPS) is 10.9. The Morgan fingerprint density at radius 1 is 1.43 bits per heavy atom. The Kier molecular flexibility index (Phi) is 5.46. The molecular formula is C14H17BrN4O2. The Bertz CT molecular complexity index is 615. The van der Waals surface area contributed by atoms with Crippen LogP contribution in [-0.4, -0.2) is 34.5 Å². The minimum absolute atomic E-state index is 0.0976. The summed E-state index contributed by atoms with van der Waals surface area (Å²) in [7, 11) is 1.83. The number of carbonyl (C=O) groups excluding carboxylic acids is 1. The summed E-state index contributed by atoms with van der Waals surface area (Å²) in [5, 5.41) is 6.68. The predicted octanol–water partition coefficient (Wildman–Crippen LogP) is 2.47. The third kappa shape index (κ3) is 4.64. The second-order valence-corrected chi connectivity index (χ2v) is 5.51. The number of aromatic nitrogens is 2. The van der Waals surface area contributed by atoms with Crippen LogP contribution in [0.1, 0.15) is 18.6 Å². The van der Waals surface area contributed by atoms with Crippen molar-refractivity contribution in [1.82, 2.24) is 15.0 Å². The maximum Gasteiger partial charge on any atom is 0.240 e. The molecule has 0 fully saturated rings. The number of nitrogens with zero attached hydrogens (tertiary/aromatic N) is 3. The van der Waals surface area contributed by atoms with Gasteiger partial charge < -0.3 is 9.84 Å². The molecule has 0 atom stereocenters. The number of anilines is 1. The number of benzene rings is 1. The fourth-order valence-electron chi connectivity index (χ4n) is 1.78. The van der Waals surface area contributed by atoms with Crippen LogP contribution in [0.5, 0.6) is 0 Å². The zero-order valence-electron chi connectivity index (χ0n) is 12.0. The van der Waals surface area contributed by atoms with E-state index in [0.717, 1.165) is 16.6 Å². The Hall–Kier alpha value is -1.73. The molecule has 1 aromatic carbocycles. The molecule has 0 aliphatic rings. The van der Waals surface area contributed by atoms with Crippen LogP contribution in [0.3, 0.4) is 0 Å². The molecule has 0 aliphatic heterocycles. The van der Waals surface area contributed by atoms with Gasteiger partial charge in [0.1, 0.15) is 0 Å². The number of para-hydroxylation sites is 1. The molecule has 0 saturated heterocycles. The van der Waals surface area contributed by atoms with E-state index in [2.05, 4.69) is 31.4 Å². The first-order chi connectivity index (χ1) is 10.1. The minimum atomic E-state index is -0.0976. The summed E-state index contributed by atoms with van der Waals surface area (Å²) in [6.07, 6.45) is 0.732. The number of likely N-dealkylation sites (N-methyl/N-ethyl adjacent to an activating group) is 1. The van der Waals surface area contributed by atoms with E-state index in [-0.39, 0.29) is 12.5 Å². The molecule has 1 amide bonds. The van der Waals surface area contributed by atoms with Crippen molar-refractivity contribution >= 4 is 27.5 Å². The molecule has 1 aromatic heterocycles. The second-order valence-electron chi connectivity index (χ2n) is 4.66. The van der Waals surface area contributed by atoms with E-state index in [9.17, 15) is 4.79 Å². The van der Waals surface area contributed by atoms with Crippen LogP contribution in [-0.2, 0) is 17.8 Å². The van der Waals surface area contributed by atoms with Crippen LogP contribution in [0, 0.1) is 0 Å². The lowest BCUT2D eigenvalue weighted by Gasteiger charge is -2.14. The van der Waals surface area contributed by atoms with E-state index < -0.39 is 0 Å². The van der Waals surface area contributed by atoms with E-state index in [1.54, 1.807) is 0 Å². The maximum atomic E-state index is 12.0. The number of aryl methyl sites for hydroxylation is 1. The fraction of sp³-hybridized carbons (Fsp3) is 0.357. The first kappa shape index (κ1) is 15.7. The van der Waals surface area contributed by atoms with Crippen molar-refractivity contribution in [3.63, 3.8) is 0 Å². The summed E-state index contributed by atoms with van der Waals surface area (Å²) in [6, 6.07) is 7.49. The van der Waals surface area contributed by atoms with Crippen LogP contribution in [0.4, 0.5) is 5.69 Å². The first-order valence-corrected chi connectivity index (χ1v) is 7.42. The Morgan fingerprint density at radius 2 is 2.19 bits per heavy atom. The third-order valence-corrected chi connectivity index (χ3v) is 3.48. The number of hydrogen-bond donors (Lipinski definition) is 1. The van der Waals surface area contributed by atoms with E-state index in [1.807, 2.05) is 43.1 Å². The highest BCUT2D eigenvalue weighted by molar-refractivity contribution is 9.10. The van der Waals surface area contributed by atoms with Crippen molar-refractivity contribution in [3.05, 3.63) is 40.5 Å². The lowest BCUT2D eigenvalue weighted by molar-refractivity contribution is -0.117. The van der Waals surface area contributed by atoms with Gasteiger partial charge in [-0.3, -0.25) is 9.69 Å². The molecule has 1 heterocycles. The molecule has 112 valence electrons. The number of nitrogens with one attached hydrogen (secondary N) is 1. The van der Waals surface area contributed by atoms with E-state index in [0.29, 0.717) is 18.3 Å². The maximum absolute atomic E-state index is 12.0. The van der Waals surface area contributed by atoms with Crippen LogP contribution in [0.2, 0.25) is 0 Å². The number of carbonyl (C=O) groups is 1. The molecule has 0 bridgehead atoms. The van der Waals surface area contributed by atoms with Gasteiger partial charge in [-0.15, -0.1) is 0 Å². The summed E-state index contributed by atoms with van der Waals surface area (Å²) in [6.45, 7) is 2.64. The topological polar surface area (TPSA) is 71.3 Å². The molecule has 0 spiro atoms. The third-order valence-electron chi connectivity index (χ3n) is 2.79. The molecule has 21 heavy (non-hydrogen) atoms. The van der Waals surface area contributed by atoms with Crippen LogP contribution >= 0.6 is 15.9 Å². The largest absolute Gasteiger partial charge is 0.338 e. The lowest BCUT2D eigenvalue weighted by atomic mass is 10.3. The molecule has 0 radical (unpaired) electrons. The quantitative estimate of drug-likeness (QED) is 0.864. The van der Waals surface area contributed by atoms with Gasteiger partial charge >= 0.3 is 0 Å². The van der Waals surface area contributed by atoms with Gasteiger partial charge in [-0.05, 0) is 35.1 Å². The van der Waals surface area contributed by atoms with Crippen molar-refractivity contribution in [1.29, 1.82) is 0 Å². The van der Waals surface area contributed by atoms with Gasteiger partial charge in [0.2, 0.25) is 11.8 Å². The highest BCUT2D eigenvalue weighted by atomic mass is 79.9. The van der Waals surface area contributed by atoms with E-state index in [4.69, 9.17) is 4.52 Å². The molecule has 7 heteroatoms. The smallest absolute Gasteiger partial charge is 0.240 e. The van der Waals surface area contributed by atoms with Gasteiger partial charge in [0.15, 0.2) is 5.82 Å². The van der Waals surface area contributed by atoms with Crippen molar-refractivity contribution in [2.75, 3.05) is 18.9 Å². The van der Waals surface area contributed by atoms with Crippen LogP contribution < -0.4 is 5.32 Å². The summed E-state index contributed by atoms with van der Waals surface area (Å²) < 4.78 is 5.96. The SMILES string of the molecule is CCc1noc(CN(C)CC(=O)Nc2ccccc2Br)n1. The van der Waals surface area contributed by atoms with Crippen LogP contribution in [0.15, 0.2) is 33.3 Å². The molecule has 2 aromatic rings. The standard InChI is InChI=1S/C14H17BrN4O2/c1-3-12-17-14(21-18-12)9-19(2)8-13(20)16-11-7-5-4-6-10(11)15/h4-7H,3,8-9H2,1-2H3,(H,16,20). The summed E-state index contributed by atoms with van der Waals surface area (Å²) in [5.74, 6) is 1.10. The minimum Gasteiger partial charge on any atom is -0.338 e. The van der Waals surface area contributed by atoms with Gasteiger partial charge in [0.25, 0.3) is 0 Å². The van der Waals surface area contributed by atoms with Gasteiger partial charge in [-0.1, -0.05) is 24.2 Å². The Morgan fingerprint density at radius 3 is 2.86 bits per heavy atom. The predicted molar refractivity (Wildman–Crippen MR) is 82.8 cm³/mol. The number of halogens is 1. The Labute approximate surface area is 131 Å². The number of rotatable bonds is 6. The fourth-order valence-corrected chi connectivity index (χ4v) is 2.17. The summed E-state index contributed by atoms with van der Waals surface area (Å²) in [4.78, 5) is 18.0. The van der Waals surface area contributed by atoms with Crippen LogP contribution in [0.25, 0.3) is 0 Å². The van der Waals surface area contributed by atoms with E-state index in [1.165, 1.54) is 0 Å². The average Bonchev–Trinajstić information content (AvgIpc) is 2.88. The lowest BCUT2D eigenvalue weighted by Crippen LogP contribution is -2.30. The number of hydrogen-bond acceptors (Lipinski definition) is 5. The zero-order chi connectivity index (χ0) is 15.2. The Balaban J connectivity index is 1.86. The summed E-state index contributed by atoms with van der Waals surface area (Å²) in [5.41, 5.74) is 0.752. The van der Waals surface area contributed by atoms with Crippen molar-refractivity contribution in [2.45, 2.75) is 19.9 Å². The average molecular weight is 353 g/mol. The van der Waals surface area contributed by atoms with Crippen molar-refractivity contribution in [2.24, 2.45) is 0 Å². The summed E-state index contributed by atoms with van der Waals surface area (Å²) >= 11 is 3.39. The molecule has 0 unspecified atom stereocenters. The van der Waals surface area contributed by atoms with Gasteiger partial charge in [0.05, 0.1) is 18.8 Å². The first-order valence-electron chi connectivity index (χ1n) is 6.63. The highest BCUT2D eigenvalue weighted by Gasteiger charge is 2.12. The highest BCUT2D eigenvalue weighted by Crippen LogP contribution is 2.20. The molecular weight excluding hydrogens is 336 g/mol. The monoisotopic (exact) mass is 352 g/mol. The second kappa shape index (κ2) is 7.33. The molecule has 2 rings (SSSR count). The van der Waals surface area contributed by atoms with Crippen molar-refractivity contribution in [3.8, 4) is 0 Å². The zero-order valence-corrected chi connectivity index (χ0v) is 13.6. The van der Waals surface area contributed by atoms with Gasteiger partial charge in [-0.25, -0.2) is 0 Å². The molecule has 6 nitrogen and oxygen atoms in total. The molecule has 0 saturated carbocycles. The van der Waals surface area contributed by atoms with Gasteiger partial charge in [0, 0.05) is 10.9 Å². The van der Waals surface area contributed by atoms with Crippen molar-refractivity contribution < 1.29 is 9.32 Å². The number of amides is 1. The molecule has 1 N–H and O–H groups in total. The molecule has 0 aliphatic carbocycles. The van der Waals surface area contributed by atoms with Gasteiger partial charge in [-0.2, -0.15) is 4.98 Å². The van der Waals surface area contributed by atoms with E-state index >= 15 is 0 Å².